The van der Waals surface area contributed by atoms with Gasteiger partial charge in [-0.1, -0.05) is 45.2 Å². The van der Waals surface area contributed by atoms with E-state index in [0.717, 1.165) is 85.4 Å². The molecule has 4 amide bonds. The van der Waals surface area contributed by atoms with E-state index in [1.54, 1.807) is 31.2 Å². The van der Waals surface area contributed by atoms with Crippen molar-refractivity contribution in [2.24, 2.45) is 22.7 Å². The van der Waals surface area contributed by atoms with Crippen LogP contribution in [0.4, 0.5) is 16.2 Å². The molecule has 66 heavy (non-hydrogen) atoms. The number of imide groups is 2. The number of terminal acetylenes is 1. The number of piperidine rings is 2. The molecule has 0 N–H and O–H groups in total. The fourth-order valence-electron chi connectivity index (χ4n) is 11.1. The minimum absolute atomic E-state index is 0.0114. The van der Waals surface area contributed by atoms with Crippen LogP contribution in [0.25, 0.3) is 0 Å². The molecule has 0 aromatic heterocycles. The summed E-state index contributed by atoms with van der Waals surface area (Å²) in [5.41, 5.74) is 3.30. The summed E-state index contributed by atoms with van der Waals surface area (Å²) in [4.78, 5) is 87.3. The largest absolute Gasteiger partial charge is 0.510 e. The molecule has 4 heterocycles. The highest BCUT2D eigenvalue weighted by atomic mass is 35.5. The molecule has 1 saturated carbocycles. The third kappa shape index (κ3) is 8.99. The summed E-state index contributed by atoms with van der Waals surface area (Å²) in [6.07, 6.45) is 6.89. The minimum Gasteiger partial charge on any atom is -0.489 e. The second-order valence-corrected chi connectivity index (χ2v) is 19.7. The third-order valence-electron chi connectivity index (χ3n) is 14.6. The average Bonchev–Trinajstić information content (AvgIpc) is 3.55. The van der Waals surface area contributed by atoms with E-state index in [0.29, 0.717) is 28.7 Å². The van der Waals surface area contributed by atoms with Crippen LogP contribution in [0.15, 0.2) is 60.7 Å². The Balaban J connectivity index is 0.786. The maximum Gasteiger partial charge on any atom is 0.510 e. The molecule has 4 aliphatic heterocycles. The van der Waals surface area contributed by atoms with Gasteiger partial charge in [0.25, 0.3) is 17.7 Å². The van der Waals surface area contributed by atoms with Crippen LogP contribution in [0.5, 0.6) is 5.75 Å². The van der Waals surface area contributed by atoms with E-state index in [9.17, 15) is 28.8 Å². The molecule has 1 unspecified atom stereocenters. The molecule has 0 radical (unpaired) electrons. The van der Waals surface area contributed by atoms with E-state index in [-0.39, 0.29) is 59.2 Å². The van der Waals surface area contributed by atoms with Crippen molar-refractivity contribution in [2.45, 2.75) is 78.9 Å². The van der Waals surface area contributed by atoms with Crippen LogP contribution in [0.3, 0.4) is 0 Å². The second-order valence-electron chi connectivity index (χ2n) is 19.3. The number of anilines is 2. The van der Waals surface area contributed by atoms with Crippen LogP contribution in [-0.4, -0.2) is 122 Å². The van der Waals surface area contributed by atoms with E-state index < -0.39 is 42.6 Å². The van der Waals surface area contributed by atoms with Gasteiger partial charge in [0.1, 0.15) is 17.9 Å². The zero-order valence-electron chi connectivity index (χ0n) is 38.3. The number of amides is 4. The zero-order chi connectivity index (χ0) is 47.1. The molecule has 1 aliphatic carbocycles. The zero-order valence-corrected chi connectivity index (χ0v) is 39.1. The van der Waals surface area contributed by atoms with Crippen LogP contribution < -0.4 is 14.5 Å². The summed E-state index contributed by atoms with van der Waals surface area (Å²) in [5, 5.41) is 0.484. The van der Waals surface area contributed by atoms with Gasteiger partial charge in [0.15, 0.2) is 12.5 Å². The minimum atomic E-state index is -1.19. The maximum absolute atomic E-state index is 13.7. The number of fused-ring (bicyclic) bond motifs is 1. The molecular formula is C51H58ClN5O9. The van der Waals surface area contributed by atoms with Gasteiger partial charge in [-0.2, -0.15) is 0 Å². The maximum atomic E-state index is 13.7. The molecule has 5 aliphatic rings. The highest BCUT2D eigenvalue weighted by molar-refractivity contribution is 6.31. The van der Waals surface area contributed by atoms with Gasteiger partial charge in [-0.3, -0.25) is 33.8 Å². The van der Waals surface area contributed by atoms with Gasteiger partial charge < -0.3 is 24.0 Å². The van der Waals surface area contributed by atoms with Gasteiger partial charge >= 0.3 is 6.16 Å². The normalized spacial score (nSPS) is 23.0. The average molecular weight is 921 g/mol. The summed E-state index contributed by atoms with van der Waals surface area (Å²) >= 11 is 6.35. The summed E-state index contributed by atoms with van der Waals surface area (Å²) in [7, 11) is 0. The Morgan fingerprint density at radius 3 is 2.09 bits per heavy atom. The molecule has 8 rings (SSSR count). The smallest absolute Gasteiger partial charge is 0.489 e. The fraction of sp³-hybridized carbons (Fsp3) is 0.490. The van der Waals surface area contributed by atoms with Gasteiger partial charge in [0.2, 0.25) is 5.91 Å². The Kier molecular flexibility index (Phi) is 13.3. The summed E-state index contributed by atoms with van der Waals surface area (Å²) in [5.74, 6) is 1.58. The molecule has 4 fully saturated rings. The van der Waals surface area contributed by atoms with Gasteiger partial charge in [0, 0.05) is 98.1 Å². The number of rotatable bonds is 13. The number of benzene rings is 3. The summed E-state index contributed by atoms with van der Waals surface area (Å²) in [6.45, 7) is 15.8. The lowest BCUT2D eigenvalue weighted by Gasteiger charge is -2.63. The van der Waals surface area contributed by atoms with Crippen molar-refractivity contribution in [1.29, 1.82) is 0 Å². The highest BCUT2D eigenvalue weighted by Crippen LogP contribution is 2.62. The number of halogens is 1. The van der Waals surface area contributed by atoms with E-state index in [2.05, 4.69) is 60.4 Å². The molecule has 3 aromatic rings. The number of nitrogens with zero attached hydrogens (tertiary/aromatic N) is 5. The Morgan fingerprint density at radius 2 is 1.44 bits per heavy atom. The molecule has 3 aromatic carbocycles. The number of likely N-dealkylation sites (tertiary alicyclic amines) is 1. The van der Waals surface area contributed by atoms with E-state index in [1.165, 1.54) is 0 Å². The number of ketones is 1. The van der Waals surface area contributed by atoms with Crippen LogP contribution in [0.2, 0.25) is 5.02 Å². The topological polar surface area (TPSA) is 146 Å². The molecule has 15 heteroatoms. The van der Waals surface area contributed by atoms with Crippen LogP contribution in [0.1, 0.15) is 103 Å². The SMILES string of the molecule is C#Cc1ccc(OC2C(C)(C)C(CC(=O)c3ccc(N4CCC(CN5CCN(c6ccc7c(c6)C(=O)N(C6CCC(=O)N(COC(=O)OCC)C6=O)C7=O)CC5)CC4)cc3)C2(C)C)cc1Cl. The number of carbonyl (C=O) groups excluding carboxylic acids is 6. The van der Waals surface area contributed by atoms with Crippen molar-refractivity contribution in [3.8, 4) is 18.1 Å². The van der Waals surface area contributed by atoms with Crippen molar-refractivity contribution in [2.75, 3.05) is 69.0 Å². The van der Waals surface area contributed by atoms with Crippen molar-refractivity contribution < 1.29 is 43.0 Å². The van der Waals surface area contributed by atoms with E-state index in [4.69, 9.17) is 32.2 Å². The predicted molar refractivity (Wildman–Crippen MR) is 249 cm³/mol. The number of Topliss-reactive ketones (excluding diaryl/α,β-unsaturated/α-hetero) is 1. The first-order valence-electron chi connectivity index (χ1n) is 23.0. The number of hydrogen-bond donors (Lipinski definition) is 0. The monoisotopic (exact) mass is 919 g/mol. The van der Waals surface area contributed by atoms with Crippen LogP contribution >= 0.6 is 11.6 Å². The molecule has 0 spiro atoms. The highest BCUT2D eigenvalue weighted by Gasteiger charge is 2.63. The molecule has 14 nitrogen and oxygen atoms in total. The Hall–Kier alpha value is -5.91. The van der Waals surface area contributed by atoms with E-state index >= 15 is 0 Å². The van der Waals surface area contributed by atoms with Crippen molar-refractivity contribution in [1.82, 2.24) is 14.7 Å². The lowest BCUT2D eigenvalue weighted by atomic mass is 9.44. The number of hydrogen-bond acceptors (Lipinski definition) is 12. The second kappa shape index (κ2) is 18.8. The first kappa shape index (κ1) is 46.6. The lowest BCUT2D eigenvalue weighted by molar-refractivity contribution is -0.196. The Morgan fingerprint density at radius 1 is 0.788 bits per heavy atom. The quantitative estimate of drug-likeness (QED) is 0.0734. The first-order valence-corrected chi connectivity index (χ1v) is 23.3. The van der Waals surface area contributed by atoms with Crippen molar-refractivity contribution in [3.05, 3.63) is 87.9 Å². The third-order valence-corrected chi connectivity index (χ3v) is 14.9. The van der Waals surface area contributed by atoms with E-state index in [1.807, 2.05) is 24.3 Å². The van der Waals surface area contributed by atoms with Crippen LogP contribution in [0, 0.1) is 35.0 Å². The van der Waals surface area contributed by atoms with Crippen molar-refractivity contribution in [3.63, 3.8) is 0 Å². The van der Waals surface area contributed by atoms with Gasteiger partial charge in [-0.25, -0.2) is 9.69 Å². The predicted octanol–water partition coefficient (Wildman–Crippen LogP) is 7.31. The molecular weight excluding hydrogens is 862 g/mol. The number of carbonyl (C=O) groups is 6. The first-order chi connectivity index (χ1) is 31.5. The molecule has 0 bridgehead atoms. The fourth-order valence-corrected chi connectivity index (χ4v) is 11.4. The summed E-state index contributed by atoms with van der Waals surface area (Å²) in [6, 6.07) is 17.5. The number of ether oxygens (including phenoxy) is 3. The summed E-state index contributed by atoms with van der Waals surface area (Å²) < 4.78 is 16.1. The lowest BCUT2D eigenvalue weighted by Crippen LogP contribution is -2.66. The molecule has 348 valence electrons. The Bertz CT molecular complexity index is 2430. The number of piperazine rings is 1. The standard InChI is InChI=1S/C51H58ClN5O9/c1-7-33-11-15-37(28-40(33)52)66-48-50(3,4)43(51(48,5)6)29-42(58)34-9-12-35(13-10-34)54-21-19-32(20-22-54)30-53-23-25-55(26-24-53)36-14-16-38-39(27-36)46(61)57(45(38)60)41-17-18-44(59)56(47(41)62)31-65-49(63)64-8-2/h1,9-16,27-28,32,41,43,48H,8,17-26,29-31H2,2-6H3. The van der Waals surface area contributed by atoms with Crippen LogP contribution in [-0.2, 0) is 19.1 Å². The van der Waals surface area contributed by atoms with Gasteiger partial charge in [0.05, 0.1) is 22.8 Å². The molecule has 1 atom stereocenters. The van der Waals surface area contributed by atoms with Gasteiger partial charge in [-0.15, -0.1) is 6.42 Å². The van der Waals surface area contributed by atoms with Gasteiger partial charge in [-0.05, 0) is 92.6 Å². The molecule has 3 saturated heterocycles. The van der Waals surface area contributed by atoms with Crippen molar-refractivity contribution >= 4 is 58.5 Å². The Labute approximate surface area is 391 Å².